The van der Waals surface area contributed by atoms with E-state index in [2.05, 4.69) is 20.7 Å². The van der Waals surface area contributed by atoms with Gasteiger partial charge in [0.05, 0.1) is 12.2 Å². The minimum Gasteiger partial charge on any atom is -0.454 e. The van der Waals surface area contributed by atoms with Gasteiger partial charge in [-0.2, -0.15) is 5.10 Å². The van der Waals surface area contributed by atoms with Gasteiger partial charge in [-0.05, 0) is 50.6 Å². The molecule has 1 aliphatic rings. The molecule has 2 heterocycles. The van der Waals surface area contributed by atoms with Gasteiger partial charge in [-0.15, -0.1) is 0 Å². The molecular formula is C23H25N5O3. The maximum absolute atomic E-state index is 12.9. The number of amides is 1. The Morgan fingerprint density at radius 2 is 1.90 bits per heavy atom. The van der Waals surface area contributed by atoms with Crippen LogP contribution in [0.1, 0.15) is 32.9 Å². The van der Waals surface area contributed by atoms with Crippen molar-refractivity contribution in [1.82, 2.24) is 15.1 Å². The SMILES string of the molecule is Cc1ccccc1NC(=NCc1c(C)nn(C)c1C)NC(=O)c1ccc2c(c1)OCO2. The number of fused-ring (bicyclic) bond motifs is 1. The largest absolute Gasteiger partial charge is 0.454 e. The Kier molecular flexibility index (Phi) is 5.62. The van der Waals surface area contributed by atoms with Gasteiger partial charge in [0.15, 0.2) is 11.5 Å². The lowest BCUT2D eigenvalue weighted by Gasteiger charge is -2.14. The molecule has 4 rings (SSSR count). The molecule has 160 valence electrons. The number of aryl methyl sites for hydroxylation is 3. The summed E-state index contributed by atoms with van der Waals surface area (Å²) in [6.07, 6.45) is 0. The third-order valence-electron chi connectivity index (χ3n) is 5.32. The first kappa shape index (κ1) is 20.5. The molecule has 0 saturated carbocycles. The number of ether oxygens (including phenoxy) is 2. The molecule has 0 saturated heterocycles. The molecule has 0 atom stereocenters. The number of para-hydroxylation sites is 1. The van der Waals surface area contributed by atoms with Crippen LogP contribution in [-0.4, -0.2) is 28.4 Å². The second-order valence-electron chi connectivity index (χ2n) is 7.40. The van der Waals surface area contributed by atoms with E-state index in [-0.39, 0.29) is 12.7 Å². The Hall–Kier alpha value is -3.81. The van der Waals surface area contributed by atoms with Crippen molar-refractivity contribution in [3.8, 4) is 11.5 Å². The highest BCUT2D eigenvalue weighted by Crippen LogP contribution is 2.32. The number of aromatic nitrogens is 2. The van der Waals surface area contributed by atoms with Gasteiger partial charge in [-0.3, -0.25) is 14.8 Å². The Morgan fingerprint density at radius 3 is 2.65 bits per heavy atom. The second kappa shape index (κ2) is 8.51. The van der Waals surface area contributed by atoms with E-state index >= 15 is 0 Å². The Labute approximate surface area is 180 Å². The Bertz CT molecular complexity index is 1170. The molecule has 0 radical (unpaired) electrons. The molecule has 1 aliphatic heterocycles. The van der Waals surface area contributed by atoms with Crippen LogP contribution >= 0.6 is 0 Å². The number of hydrogen-bond acceptors (Lipinski definition) is 5. The fraction of sp³-hybridized carbons (Fsp3) is 0.261. The van der Waals surface area contributed by atoms with Crippen LogP contribution in [0, 0.1) is 20.8 Å². The third kappa shape index (κ3) is 4.37. The van der Waals surface area contributed by atoms with Crippen molar-refractivity contribution in [1.29, 1.82) is 0 Å². The fourth-order valence-electron chi connectivity index (χ4n) is 3.37. The summed E-state index contributed by atoms with van der Waals surface area (Å²) in [5.41, 5.74) is 5.36. The predicted octanol–water partition coefficient (Wildman–Crippen LogP) is 3.47. The van der Waals surface area contributed by atoms with Gasteiger partial charge >= 0.3 is 0 Å². The summed E-state index contributed by atoms with van der Waals surface area (Å²) < 4.78 is 12.5. The van der Waals surface area contributed by atoms with Crippen LogP contribution in [0.5, 0.6) is 11.5 Å². The Balaban J connectivity index is 1.60. The number of anilines is 1. The number of benzene rings is 2. The molecule has 2 aromatic carbocycles. The highest BCUT2D eigenvalue weighted by atomic mass is 16.7. The number of carbonyl (C=O) groups is 1. The molecular weight excluding hydrogens is 394 g/mol. The quantitative estimate of drug-likeness (QED) is 0.499. The van der Waals surface area contributed by atoms with Gasteiger partial charge in [0.2, 0.25) is 12.8 Å². The minimum absolute atomic E-state index is 0.158. The number of carbonyl (C=O) groups excluding carboxylic acids is 1. The Morgan fingerprint density at radius 1 is 1.13 bits per heavy atom. The molecule has 0 bridgehead atoms. The molecule has 3 aromatic rings. The zero-order valence-corrected chi connectivity index (χ0v) is 18.0. The molecule has 8 nitrogen and oxygen atoms in total. The summed E-state index contributed by atoms with van der Waals surface area (Å²) in [6.45, 7) is 6.50. The lowest BCUT2D eigenvalue weighted by atomic mass is 10.2. The summed E-state index contributed by atoms with van der Waals surface area (Å²) in [4.78, 5) is 17.6. The lowest BCUT2D eigenvalue weighted by molar-refractivity contribution is 0.0976. The van der Waals surface area contributed by atoms with Gasteiger partial charge in [0.1, 0.15) is 0 Å². The van der Waals surface area contributed by atoms with Crippen molar-refractivity contribution in [3.63, 3.8) is 0 Å². The van der Waals surface area contributed by atoms with E-state index in [9.17, 15) is 4.79 Å². The highest BCUT2D eigenvalue weighted by Gasteiger charge is 2.18. The van der Waals surface area contributed by atoms with E-state index in [4.69, 9.17) is 9.47 Å². The van der Waals surface area contributed by atoms with E-state index in [0.29, 0.717) is 29.6 Å². The van der Waals surface area contributed by atoms with Gasteiger partial charge in [-0.25, -0.2) is 4.99 Å². The molecule has 0 spiro atoms. The molecule has 1 aromatic heterocycles. The maximum Gasteiger partial charge on any atom is 0.258 e. The summed E-state index contributed by atoms with van der Waals surface area (Å²) >= 11 is 0. The van der Waals surface area contributed by atoms with E-state index in [1.807, 2.05) is 56.8 Å². The molecule has 8 heteroatoms. The average molecular weight is 419 g/mol. The second-order valence-corrected chi connectivity index (χ2v) is 7.40. The van der Waals surface area contributed by atoms with Crippen molar-refractivity contribution in [3.05, 3.63) is 70.5 Å². The van der Waals surface area contributed by atoms with E-state index in [1.54, 1.807) is 18.2 Å². The molecule has 0 unspecified atom stereocenters. The number of rotatable bonds is 4. The molecule has 31 heavy (non-hydrogen) atoms. The van der Waals surface area contributed by atoms with Crippen molar-refractivity contribution in [2.75, 3.05) is 12.1 Å². The number of aliphatic imine (C=N–C) groups is 1. The van der Waals surface area contributed by atoms with Crippen LogP contribution in [0.2, 0.25) is 0 Å². The molecule has 0 aliphatic carbocycles. The first-order valence-corrected chi connectivity index (χ1v) is 9.99. The molecule has 1 amide bonds. The summed E-state index contributed by atoms with van der Waals surface area (Å²) in [6, 6.07) is 12.9. The monoisotopic (exact) mass is 419 g/mol. The van der Waals surface area contributed by atoms with Gasteiger partial charge in [-0.1, -0.05) is 18.2 Å². The van der Waals surface area contributed by atoms with Gasteiger partial charge in [0, 0.05) is 29.6 Å². The van der Waals surface area contributed by atoms with Crippen LogP contribution in [0.3, 0.4) is 0 Å². The number of guanidine groups is 1. The number of hydrogen-bond donors (Lipinski definition) is 2. The third-order valence-corrected chi connectivity index (χ3v) is 5.32. The first-order valence-electron chi connectivity index (χ1n) is 9.99. The van der Waals surface area contributed by atoms with Crippen molar-refractivity contribution < 1.29 is 14.3 Å². The first-order chi connectivity index (χ1) is 14.9. The van der Waals surface area contributed by atoms with E-state index < -0.39 is 0 Å². The predicted molar refractivity (Wildman–Crippen MR) is 119 cm³/mol. The van der Waals surface area contributed by atoms with Crippen LogP contribution in [0.25, 0.3) is 0 Å². The van der Waals surface area contributed by atoms with Crippen LogP contribution in [0.15, 0.2) is 47.5 Å². The van der Waals surface area contributed by atoms with Crippen LogP contribution < -0.4 is 20.1 Å². The maximum atomic E-state index is 12.9. The summed E-state index contributed by atoms with van der Waals surface area (Å²) in [5, 5.41) is 10.6. The highest BCUT2D eigenvalue weighted by molar-refractivity contribution is 6.10. The van der Waals surface area contributed by atoms with Crippen molar-refractivity contribution >= 4 is 17.6 Å². The fourth-order valence-corrected chi connectivity index (χ4v) is 3.37. The summed E-state index contributed by atoms with van der Waals surface area (Å²) in [7, 11) is 1.91. The standard InChI is InChI=1S/C23H25N5O3/c1-14-7-5-6-8-19(14)25-23(24-12-18-15(2)27-28(4)16(18)3)26-22(29)17-9-10-20-21(11-17)31-13-30-20/h5-11H,12-13H2,1-4H3,(H2,24,25,26,29). The zero-order chi connectivity index (χ0) is 22.0. The van der Waals surface area contributed by atoms with Gasteiger partial charge in [0.25, 0.3) is 5.91 Å². The molecule has 2 N–H and O–H groups in total. The lowest BCUT2D eigenvalue weighted by Crippen LogP contribution is -2.36. The topological polar surface area (TPSA) is 89.8 Å². The van der Waals surface area contributed by atoms with Crippen molar-refractivity contribution in [2.45, 2.75) is 27.3 Å². The van der Waals surface area contributed by atoms with E-state index in [1.165, 1.54) is 0 Å². The smallest absolute Gasteiger partial charge is 0.258 e. The van der Waals surface area contributed by atoms with Crippen LogP contribution in [-0.2, 0) is 13.6 Å². The summed E-state index contributed by atoms with van der Waals surface area (Å²) in [5.74, 6) is 1.25. The van der Waals surface area contributed by atoms with Crippen molar-refractivity contribution in [2.24, 2.45) is 12.0 Å². The van der Waals surface area contributed by atoms with Gasteiger partial charge < -0.3 is 14.8 Å². The molecule has 0 fully saturated rings. The number of nitrogens with zero attached hydrogens (tertiary/aromatic N) is 3. The number of nitrogens with one attached hydrogen (secondary N) is 2. The normalized spacial score (nSPS) is 12.7. The van der Waals surface area contributed by atoms with E-state index in [0.717, 1.165) is 28.2 Å². The minimum atomic E-state index is -0.294. The average Bonchev–Trinajstić information content (AvgIpc) is 3.31. The zero-order valence-electron chi connectivity index (χ0n) is 18.0. The van der Waals surface area contributed by atoms with Crippen LogP contribution in [0.4, 0.5) is 5.69 Å².